The van der Waals surface area contributed by atoms with Crippen LogP contribution in [-0.4, -0.2) is 22.6 Å². The number of rotatable bonds is 6. The SMILES string of the molecule is CC(C)C1CC[C@@H](C(C)C)P1c1ccccc1P1C(C(C)C)CC[C@H]1C(C)C. The highest BCUT2D eigenvalue weighted by atomic mass is 31.1. The van der Waals surface area contributed by atoms with Crippen molar-refractivity contribution in [3.05, 3.63) is 24.3 Å². The predicted octanol–water partition coefficient (Wildman–Crippen LogP) is 7.59. The highest BCUT2D eigenvalue weighted by Gasteiger charge is 2.44. The van der Waals surface area contributed by atoms with E-state index >= 15 is 0 Å². The maximum atomic E-state index is 2.58. The van der Waals surface area contributed by atoms with Crippen LogP contribution in [0.3, 0.4) is 0 Å². The Bertz CT molecular complexity index is 546. The highest BCUT2D eigenvalue weighted by molar-refractivity contribution is 7.73. The number of hydrogen-bond acceptors (Lipinski definition) is 0. The Kier molecular flexibility index (Phi) is 7.70. The van der Waals surface area contributed by atoms with Crippen LogP contribution in [0.1, 0.15) is 81.1 Å². The zero-order chi connectivity index (χ0) is 20.6. The van der Waals surface area contributed by atoms with Crippen LogP contribution < -0.4 is 10.6 Å². The largest absolute Gasteiger partial charge is 0.0677 e. The van der Waals surface area contributed by atoms with Crippen LogP contribution in [-0.2, 0) is 0 Å². The van der Waals surface area contributed by atoms with Gasteiger partial charge in [0.25, 0.3) is 0 Å². The molecule has 2 fully saturated rings. The molecular formula is C26H44P2. The van der Waals surface area contributed by atoms with Gasteiger partial charge in [-0.05, 0) is 82.6 Å². The standard InChI is InChI=1S/C26H44P2/c1-17(2)21-13-14-22(18(3)4)27(21)25-11-9-10-12-26(25)28-23(19(5)6)15-16-24(28)20(7)8/h9-12,17-24H,13-16H2,1-8H3/t21-,22?,23-,24?,27?,28?/m0/s1. The summed E-state index contributed by atoms with van der Waals surface area (Å²) in [4.78, 5) is 0. The molecule has 0 spiro atoms. The van der Waals surface area contributed by atoms with Gasteiger partial charge in [0.15, 0.2) is 0 Å². The first-order valence-corrected chi connectivity index (χ1v) is 14.9. The molecule has 0 aromatic heterocycles. The first-order chi connectivity index (χ1) is 13.2. The van der Waals surface area contributed by atoms with E-state index in [0.29, 0.717) is 0 Å². The molecule has 0 amide bonds. The Morgan fingerprint density at radius 3 is 1.00 bits per heavy atom. The maximum absolute atomic E-state index is 2.58. The van der Waals surface area contributed by atoms with Gasteiger partial charge >= 0.3 is 0 Å². The van der Waals surface area contributed by atoms with Crippen LogP contribution in [0.2, 0.25) is 0 Å². The molecular weight excluding hydrogens is 374 g/mol. The average Bonchev–Trinajstić information content (AvgIpc) is 3.26. The molecule has 2 heteroatoms. The second-order valence-corrected chi connectivity index (χ2v) is 15.9. The fourth-order valence-corrected chi connectivity index (χ4v) is 14.5. The monoisotopic (exact) mass is 418 g/mol. The lowest BCUT2D eigenvalue weighted by Crippen LogP contribution is -2.34. The molecule has 2 saturated heterocycles. The summed E-state index contributed by atoms with van der Waals surface area (Å²) in [5.74, 6) is 3.28. The Labute approximate surface area is 178 Å². The molecule has 158 valence electrons. The van der Waals surface area contributed by atoms with E-state index < -0.39 is 0 Å². The van der Waals surface area contributed by atoms with Gasteiger partial charge in [-0.1, -0.05) is 95.5 Å². The molecule has 0 nitrogen and oxygen atoms in total. The Hall–Kier alpha value is 0.0800. The van der Waals surface area contributed by atoms with Crippen molar-refractivity contribution in [1.29, 1.82) is 0 Å². The fraction of sp³-hybridized carbons (Fsp3) is 0.769. The van der Waals surface area contributed by atoms with Gasteiger partial charge in [0.2, 0.25) is 0 Å². The summed E-state index contributed by atoms with van der Waals surface area (Å²) in [6, 6.07) is 9.86. The topological polar surface area (TPSA) is 0 Å². The van der Waals surface area contributed by atoms with E-state index in [4.69, 9.17) is 0 Å². The lowest BCUT2D eigenvalue weighted by atomic mass is 10.0. The van der Waals surface area contributed by atoms with E-state index in [-0.39, 0.29) is 15.8 Å². The van der Waals surface area contributed by atoms with Gasteiger partial charge in [-0.15, -0.1) is 0 Å². The third-order valence-electron chi connectivity index (χ3n) is 7.46. The quantitative estimate of drug-likeness (QED) is 0.418. The summed E-state index contributed by atoms with van der Waals surface area (Å²) < 4.78 is 0. The van der Waals surface area contributed by atoms with Crippen molar-refractivity contribution < 1.29 is 0 Å². The summed E-state index contributed by atoms with van der Waals surface area (Å²) in [5, 5.41) is 3.66. The highest BCUT2D eigenvalue weighted by Crippen LogP contribution is 2.63. The molecule has 1 aromatic carbocycles. The van der Waals surface area contributed by atoms with Gasteiger partial charge in [0.1, 0.15) is 0 Å². The lowest BCUT2D eigenvalue weighted by molar-refractivity contribution is 0.543. The van der Waals surface area contributed by atoms with E-state index in [1.165, 1.54) is 25.7 Å². The van der Waals surface area contributed by atoms with Gasteiger partial charge in [0, 0.05) is 0 Å². The third-order valence-corrected chi connectivity index (χ3v) is 15.8. The average molecular weight is 419 g/mol. The Balaban J connectivity index is 2.08. The minimum atomic E-state index is -0.0433. The van der Waals surface area contributed by atoms with Crippen LogP contribution in [0.25, 0.3) is 0 Å². The van der Waals surface area contributed by atoms with Crippen molar-refractivity contribution in [1.82, 2.24) is 0 Å². The Morgan fingerprint density at radius 1 is 0.536 bits per heavy atom. The summed E-state index contributed by atoms with van der Waals surface area (Å²) >= 11 is 0. The summed E-state index contributed by atoms with van der Waals surface area (Å²) in [5.41, 5.74) is 3.71. The maximum Gasteiger partial charge on any atom is -0.0143 e. The molecule has 0 saturated carbocycles. The smallest absolute Gasteiger partial charge is 0.0143 e. The van der Waals surface area contributed by atoms with Gasteiger partial charge in [-0.25, -0.2) is 0 Å². The summed E-state index contributed by atoms with van der Waals surface area (Å²) in [6.45, 7) is 19.9. The summed E-state index contributed by atoms with van der Waals surface area (Å²) in [7, 11) is -0.0867. The molecule has 2 aliphatic rings. The zero-order valence-electron chi connectivity index (χ0n) is 19.7. The van der Waals surface area contributed by atoms with Gasteiger partial charge in [-0.2, -0.15) is 0 Å². The lowest BCUT2D eigenvalue weighted by Gasteiger charge is -2.37. The first-order valence-electron chi connectivity index (χ1n) is 11.9. The molecule has 3 rings (SSSR count). The second-order valence-electron chi connectivity index (χ2n) is 10.7. The minimum Gasteiger partial charge on any atom is -0.0677 e. The fourth-order valence-electron chi connectivity index (χ4n) is 5.96. The molecule has 28 heavy (non-hydrogen) atoms. The van der Waals surface area contributed by atoms with Crippen LogP contribution in [0, 0.1) is 23.7 Å². The van der Waals surface area contributed by atoms with E-state index in [2.05, 4.69) is 79.7 Å². The minimum absolute atomic E-state index is 0.0433. The third kappa shape index (κ3) is 4.40. The van der Waals surface area contributed by atoms with Crippen molar-refractivity contribution in [2.24, 2.45) is 23.7 Å². The zero-order valence-corrected chi connectivity index (χ0v) is 21.4. The number of hydrogen-bond donors (Lipinski definition) is 0. The van der Waals surface area contributed by atoms with Crippen LogP contribution in [0.4, 0.5) is 0 Å². The van der Waals surface area contributed by atoms with Gasteiger partial charge < -0.3 is 0 Å². The van der Waals surface area contributed by atoms with Crippen molar-refractivity contribution in [2.75, 3.05) is 0 Å². The van der Waals surface area contributed by atoms with Gasteiger partial charge in [0.05, 0.1) is 0 Å². The van der Waals surface area contributed by atoms with Crippen LogP contribution in [0.5, 0.6) is 0 Å². The van der Waals surface area contributed by atoms with E-state index in [1.807, 2.05) is 10.6 Å². The van der Waals surface area contributed by atoms with E-state index in [0.717, 1.165) is 46.3 Å². The van der Waals surface area contributed by atoms with Crippen molar-refractivity contribution >= 4 is 26.5 Å². The molecule has 0 bridgehead atoms. The molecule has 4 unspecified atom stereocenters. The van der Waals surface area contributed by atoms with Crippen molar-refractivity contribution in [3.8, 4) is 0 Å². The van der Waals surface area contributed by atoms with Crippen LogP contribution in [0.15, 0.2) is 24.3 Å². The Morgan fingerprint density at radius 2 is 0.786 bits per heavy atom. The summed E-state index contributed by atoms with van der Waals surface area (Å²) in [6.07, 6.45) is 5.83. The molecule has 1 aromatic rings. The van der Waals surface area contributed by atoms with Crippen molar-refractivity contribution in [3.63, 3.8) is 0 Å². The number of benzene rings is 1. The molecule has 6 atom stereocenters. The molecule has 0 N–H and O–H groups in total. The molecule has 2 heterocycles. The van der Waals surface area contributed by atoms with Crippen molar-refractivity contribution in [2.45, 2.75) is 104 Å². The first kappa shape index (κ1) is 22.8. The molecule has 0 aliphatic carbocycles. The normalized spacial score (nSPS) is 33.7. The molecule has 2 aliphatic heterocycles. The van der Waals surface area contributed by atoms with E-state index in [9.17, 15) is 0 Å². The molecule has 0 radical (unpaired) electrons. The van der Waals surface area contributed by atoms with Crippen LogP contribution >= 0.6 is 15.8 Å². The van der Waals surface area contributed by atoms with Gasteiger partial charge in [-0.3, -0.25) is 0 Å². The second kappa shape index (κ2) is 9.48. The van der Waals surface area contributed by atoms with E-state index in [1.54, 1.807) is 0 Å². The predicted molar refractivity (Wildman–Crippen MR) is 133 cm³/mol.